The number of hydrazone groups is 1. The van der Waals surface area contributed by atoms with Crippen LogP contribution in [0, 0.1) is 29.6 Å². The highest BCUT2D eigenvalue weighted by Gasteiger charge is 2.05. The Morgan fingerprint density at radius 3 is 2.59 bits per heavy atom. The molecule has 17 heavy (non-hydrogen) atoms. The Kier molecular flexibility index (Phi) is 3.80. The van der Waals surface area contributed by atoms with Crippen LogP contribution in [0.25, 0.3) is 0 Å². The molecule has 0 saturated heterocycles. The fourth-order valence-electron chi connectivity index (χ4n) is 1.07. The maximum atomic E-state index is 10.7. The molecular weight excluding hydrogens is 220 g/mol. The topological polar surface area (TPSA) is 109 Å². The van der Waals surface area contributed by atoms with Gasteiger partial charge in [0.15, 0.2) is 0 Å². The van der Waals surface area contributed by atoms with Crippen molar-refractivity contribution in [2.24, 2.45) is 5.10 Å². The van der Waals surface area contributed by atoms with Crippen molar-refractivity contribution in [2.45, 2.75) is 6.92 Å². The zero-order valence-electron chi connectivity index (χ0n) is 8.93. The van der Waals surface area contributed by atoms with E-state index in [-0.39, 0.29) is 11.3 Å². The minimum absolute atomic E-state index is 0.101. The molecule has 1 aromatic rings. The molecule has 0 radical (unpaired) electrons. The number of nitriles is 2. The first-order valence-electron chi connectivity index (χ1n) is 4.56. The Morgan fingerprint density at radius 1 is 1.41 bits per heavy atom. The van der Waals surface area contributed by atoms with Crippen LogP contribution in [0.4, 0.5) is 5.69 Å². The van der Waals surface area contributed by atoms with E-state index in [1.54, 1.807) is 25.1 Å². The van der Waals surface area contributed by atoms with Gasteiger partial charge in [-0.2, -0.15) is 15.6 Å². The molecule has 1 rings (SSSR count). The summed E-state index contributed by atoms with van der Waals surface area (Å²) in [6.45, 7) is 1.75. The Labute approximate surface area is 97.4 Å². The lowest BCUT2D eigenvalue weighted by Gasteiger charge is -2.05. The number of benzene rings is 1. The van der Waals surface area contributed by atoms with E-state index in [4.69, 9.17) is 15.6 Å². The zero-order valence-corrected chi connectivity index (χ0v) is 8.93. The first kappa shape index (κ1) is 12.2. The third kappa shape index (κ3) is 3.05. The van der Waals surface area contributed by atoms with Crippen molar-refractivity contribution in [3.8, 4) is 12.1 Å². The minimum atomic E-state index is -1.06. The van der Waals surface area contributed by atoms with E-state index in [9.17, 15) is 4.79 Å². The molecule has 2 N–H and O–H groups in total. The van der Waals surface area contributed by atoms with Gasteiger partial charge in [-0.15, -0.1) is 0 Å². The van der Waals surface area contributed by atoms with Crippen molar-refractivity contribution in [1.29, 1.82) is 10.5 Å². The molecule has 0 saturated carbocycles. The number of aryl methyl sites for hydroxylation is 1. The highest BCUT2D eigenvalue weighted by atomic mass is 16.4. The first-order valence-corrected chi connectivity index (χ1v) is 4.56. The number of carboxylic acids is 1. The van der Waals surface area contributed by atoms with Crippen molar-refractivity contribution in [3.63, 3.8) is 0 Å². The molecule has 0 aromatic heterocycles. The third-order valence-electron chi connectivity index (χ3n) is 1.98. The van der Waals surface area contributed by atoms with Crippen molar-refractivity contribution in [2.75, 3.05) is 5.43 Å². The van der Waals surface area contributed by atoms with E-state index in [1.165, 1.54) is 12.1 Å². The summed E-state index contributed by atoms with van der Waals surface area (Å²) in [7, 11) is 0. The van der Waals surface area contributed by atoms with E-state index >= 15 is 0 Å². The number of carbonyl (C=O) groups is 1. The second kappa shape index (κ2) is 5.29. The molecule has 0 atom stereocenters. The molecule has 84 valence electrons. The lowest BCUT2D eigenvalue weighted by Crippen LogP contribution is -2.01. The quantitative estimate of drug-likeness (QED) is 0.601. The standard InChI is InChI=1S/C11H8N4O2/c1-7-2-3-8(11(16)17)4-10(7)15-14-9(5-12)6-13/h2-4,15H,1H3,(H,16,17). The van der Waals surface area contributed by atoms with Crippen LogP contribution in [0.3, 0.4) is 0 Å². The number of nitrogens with one attached hydrogen (secondary N) is 1. The molecule has 0 amide bonds. The highest BCUT2D eigenvalue weighted by molar-refractivity contribution is 6.10. The Bertz CT molecular complexity index is 548. The second-order valence-electron chi connectivity index (χ2n) is 3.13. The smallest absolute Gasteiger partial charge is 0.335 e. The number of rotatable bonds is 3. The predicted molar refractivity (Wildman–Crippen MR) is 60.4 cm³/mol. The maximum absolute atomic E-state index is 10.7. The van der Waals surface area contributed by atoms with Crippen LogP contribution in [0.15, 0.2) is 23.3 Å². The Balaban J connectivity index is 3.04. The van der Waals surface area contributed by atoms with E-state index in [0.29, 0.717) is 5.69 Å². The lowest BCUT2D eigenvalue weighted by molar-refractivity contribution is 0.0697. The van der Waals surface area contributed by atoms with Crippen LogP contribution in [0.2, 0.25) is 0 Å². The number of carboxylic acid groups (broad SMARTS) is 1. The summed E-state index contributed by atoms with van der Waals surface area (Å²) in [5.41, 5.74) is 3.46. The monoisotopic (exact) mass is 228 g/mol. The first-order chi connectivity index (χ1) is 8.08. The number of aromatic carboxylic acids is 1. The van der Waals surface area contributed by atoms with Crippen LogP contribution in [0.5, 0.6) is 0 Å². The summed E-state index contributed by atoms with van der Waals surface area (Å²) < 4.78 is 0. The average Bonchev–Trinajstić information content (AvgIpc) is 2.32. The van der Waals surface area contributed by atoms with Gasteiger partial charge in [0.2, 0.25) is 5.71 Å². The maximum Gasteiger partial charge on any atom is 0.335 e. The summed E-state index contributed by atoms with van der Waals surface area (Å²) in [6.07, 6.45) is 0. The molecule has 6 heteroatoms. The predicted octanol–water partition coefficient (Wildman–Crippen LogP) is 1.51. The Hall–Kier alpha value is -2.86. The largest absolute Gasteiger partial charge is 0.478 e. The third-order valence-corrected chi connectivity index (χ3v) is 1.98. The molecule has 0 unspecified atom stereocenters. The zero-order chi connectivity index (χ0) is 12.8. The van der Waals surface area contributed by atoms with Gasteiger partial charge in [0.25, 0.3) is 0 Å². The van der Waals surface area contributed by atoms with Gasteiger partial charge in [-0.3, -0.25) is 5.43 Å². The molecule has 0 heterocycles. The van der Waals surface area contributed by atoms with Crippen molar-refractivity contribution < 1.29 is 9.90 Å². The molecule has 1 aromatic carbocycles. The van der Waals surface area contributed by atoms with Crippen LogP contribution < -0.4 is 5.43 Å². The van der Waals surface area contributed by atoms with Gasteiger partial charge in [-0.25, -0.2) is 4.79 Å². The fourth-order valence-corrected chi connectivity index (χ4v) is 1.07. The van der Waals surface area contributed by atoms with E-state index in [0.717, 1.165) is 5.56 Å². The SMILES string of the molecule is Cc1ccc(C(=O)O)cc1NN=C(C#N)C#N. The molecular formula is C11H8N4O2. The lowest BCUT2D eigenvalue weighted by atomic mass is 10.1. The molecule has 0 aliphatic rings. The van der Waals surface area contributed by atoms with E-state index in [1.807, 2.05) is 0 Å². The van der Waals surface area contributed by atoms with Gasteiger partial charge < -0.3 is 5.11 Å². The fraction of sp³-hybridized carbons (Fsp3) is 0.0909. The van der Waals surface area contributed by atoms with Crippen LogP contribution in [-0.4, -0.2) is 16.8 Å². The molecule has 6 nitrogen and oxygen atoms in total. The molecule has 0 spiro atoms. The van der Waals surface area contributed by atoms with Gasteiger partial charge in [0.1, 0.15) is 12.1 Å². The summed E-state index contributed by atoms with van der Waals surface area (Å²) >= 11 is 0. The minimum Gasteiger partial charge on any atom is -0.478 e. The number of nitrogens with zero attached hydrogens (tertiary/aromatic N) is 3. The number of hydrogen-bond acceptors (Lipinski definition) is 5. The van der Waals surface area contributed by atoms with Crippen molar-refractivity contribution in [1.82, 2.24) is 0 Å². The number of hydrogen-bond donors (Lipinski definition) is 2. The van der Waals surface area contributed by atoms with Crippen LogP contribution in [-0.2, 0) is 0 Å². The Morgan fingerprint density at radius 2 is 2.06 bits per heavy atom. The molecule has 0 aliphatic heterocycles. The van der Waals surface area contributed by atoms with Gasteiger partial charge in [-0.1, -0.05) is 6.07 Å². The highest BCUT2D eigenvalue weighted by Crippen LogP contribution is 2.16. The van der Waals surface area contributed by atoms with E-state index < -0.39 is 5.97 Å². The summed E-state index contributed by atoms with van der Waals surface area (Å²) in [5, 5.41) is 29.3. The van der Waals surface area contributed by atoms with Gasteiger partial charge >= 0.3 is 5.97 Å². The van der Waals surface area contributed by atoms with Gasteiger partial charge in [0, 0.05) is 0 Å². The molecule has 0 aliphatic carbocycles. The van der Waals surface area contributed by atoms with Crippen molar-refractivity contribution in [3.05, 3.63) is 29.3 Å². The molecule has 0 fully saturated rings. The summed E-state index contributed by atoms with van der Waals surface area (Å²) in [4.78, 5) is 10.7. The average molecular weight is 228 g/mol. The van der Waals surface area contributed by atoms with Crippen LogP contribution in [0.1, 0.15) is 15.9 Å². The van der Waals surface area contributed by atoms with Crippen LogP contribution >= 0.6 is 0 Å². The second-order valence-corrected chi connectivity index (χ2v) is 3.13. The van der Waals surface area contributed by atoms with Crippen molar-refractivity contribution >= 4 is 17.4 Å². The summed E-state index contributed by atoms with van der Waals surface area (Å²) in [6, 6.07) is 7.63. The summed E-state index contributed by atoms with van der Waals surface area (Å²) in [5.74, 6) is -1.06. The normalized spacial score (nSPS) is 8.65. The van der Waals surface area contributed by atoms with Gasteiger partial charge in [-0.05, 0) is 24.6 Å². The van der Waals surface area contributed by atoms with Gasteiger partial charge in [0.05, 0.1) is 11.3 Å². The number of anilines is 1. The van der Waals surface area contributed by atoms with E-state index in [2.05, 4.69) is 10.5 Å². The molecule has 0 bridgehead atoms.